The predicted molar refractivity (Wildman–Crippen MR) is 92.6 cm³/mol. The summed E-state index contributed by atoms with van der Waals surface area (Å²) >= 11 is 0. The molecule has 0 spiro atoms. The summed E-state index contributed by atoms with van der Waals surface area (Å²) in [5, 5.41) is 2.78. The molecular weight excluding hydrogens is 252 g/mol. The molecule has 0 radical (unpaired) electrons. The first-order chi connectivity index (χ1) is 10.4. The van der Waals surface area contributed by atoms with E-state index in [0.717, 1.165) is 0 Å². The third-order valence-electron chi connectivity index (χ3n) is 4.15. The number of hydrogen-bond acceptors (Lipinski definition) is 0. The standard InChI is InChI=1S/C21H22/c1-2-3-5-10-18-15-16-20(17-11-6-4-7-12-17)21-14-9-8-13-19(18)21/h4,6-9,11-16H,2-3,5,10H2,1H3. The van der Waals surface area contributed by atoms with E-state index in [1.807, 2.05) is 0 Å². The van der Waals surface area contributed by atoms with E-state index in [1.165, 1.54) is 53.1 Å². The highest BCUT2D eigenvalue weighted by atomic mass is 14.1. The van der Waals surface area contributed by atoms with Crippen LogP contribution in [0.4, 0.5) is 0 Å². The van der Waals surface area contributed by atoms with Crippen LogP contribution in [-0.2, 0) is 6.42 Å². The van der Waals surface area contributed by atoms with Crippen LogP contribution in [0.15, 0.2) is 66.7 Å². The molecule has 0 aliphatic rings. The second-order valence-electron chi connectivity index (χ2n) is 5.64. The molecule has 0 fully saturated rings. The van der Waals surface area contributed by atoms with Gasteiger partial charge in [0.1, 0.15) is 0 Å². The van der Waals surface area contributed by atoms with Crippen molar-refractivity contribution in [3.05, 3.63) is 72.3 Å². The van der Waals surface area contributed by atoms with Crippen LogP contribution >= 0.6 is 0 Å². The second kappa shape index (κ2) is 6.58. The number of rotatable bonds is 5. The van der Waals surface area contributed by atoms with Crippen molar-refractivity contribution >= 4 is 10.8 Å². The molecule has 21 heavy (non-hydrogen) atoms. The summed E-state index contributed by atoms with van der Waals surface area (Å²) < 4.78 is 0. The highest BCUT2D eigenvalue weighted by Gasteiger charge is 2.07. The quantitative estimate of drug-likeness (QED) is 0.483. The van der Waals surface area contributed by atoms with E-state index in [9.17, 15) is 0 Å². The fraction of sp³-hybridized carbons (Fsp3) is 0.238. The zero-order valence-electron chi connectivity index (χ0n) is 12.7. The smallest absolute Gasteiger partial charge is 0.0103 e. The van der Waals surface area contributed by atoms with Gasteiger partial charge in [-0.2, -0.15) is 0 Å². The van der Waals surface area contributed by atoms with Crippen LogP contribution in [0, 0.1) is 0 Å². The van der Waals surface area contributed by atoms with E-state index < -0.39 is 0 Å². The van der Waals surface area contributed by atoms with Crippen LogP contribution < -0.4 is 0 Å². The molecule has 0 atom stereocenters. The minimum Gasteiger partial charge on any atom is -0.0654 e. The van der Waals surface area contributed by atoms with E-state index >= 15 is 0 Å². The third-order valence-corrected chi connectivity index (χ3v) is 4.15. The molecule has 0 nitrogen and oxygen atoms in total. The summed E-state index contributed by atoms with van der Waals surface area (Å²) in [4.78, 5) is 0. The minimum atomic E-state index is 1.18. The average Bonchev–Trinajstić information content (AvgIpc) is 2.56. The zero-order chi connectivity index (χ0) is 14.5. The van der Waals surface area contributed by atoms with Crippen molar-refractivity contribution in [2.75, 3.05) is 0 Å². The van der Waals surface area contributed by atoms with Crippen LogP contribution in [0.2, 0.25) is 0 Å². The SMILES string of the molecule is CCCCCc1ccc(-c2ccccc2)c2ccccc12. The Morgan fingerprint density at radius 1 is 0.667 bits per heavy atom. The van der Waals surface area contributed by atoms with Crippen LogP contribution in [0.1, 0.15) is 31.7 Å². The van der Waals surface area contributed by atoms with Crippen LogP contribution in [0.25, 0.3) is 21.9 Å². The Morgan fingerprint density at radius 2 is 1.38 bits per heavy atom. The molecule has 3 rings (SSSR count). The lowest BCUT2D eigenvalue weighted by atomic mass is 9.93. The van der Waals surface area contributed by atoms with Crippen molar-refractivity contribution < 1.29 is 0 Å². The summed E-state index contributed by atoms with van der Waals surface area (Å²) in [6.07, 6.45) is 5.06. The number of hydrogen-bond donors (Lipinski definition) is 0. The molecule has 0 N–H and O–H groups in total. The maximum atomic E-state index is 2.32. The fourth-order valence-electron chi connectivity index (χ4n) is 3.01. The lowest BCUT2D eigenvalue weighted by molar-refractivity contribution is 0.720. The summed E-state index contributed by atoms with van der Waals surface area (Å²) in [5.41, 5.74) is 4.12. The molecule has 0 amide bonds. The molecule has 3 aromatic rings. The van der Waals surface area contributed by atoms with Gasteiger partial charge >= 0.3 is 0 Å². The maximum absolute atomic E-state index is 2.32. The Morgan fingerprint density at radius 3 is 2.14 bits per heavy atom. The predicted octanol–water partition coefficient (Wildman–Crippen LogP) is 6.24. The number of benzene rings is 3. The number of unbranched alkanes of at least 4 members (excludes halogenated alkanes) is 2. The van der Waals surface area contributed by atoms with Crippen LogP contribution in [0.5, 0.6) is 0 Å². The molecule has 0 aliphatic carbocycles. The average molecular weight is 274 g/mol. The van der Waals surface area contributed by atoms with Gasteiger partial charge in [-0.25, -0.2) is 0 Å². The summed E-state index contributed by atoms with van der Waals surface area (Å²) in [6, 6.07) is 24.1. The van der Waals surface area contributed by atoms with Crippen molar-refractivity contribution in [2.24, 2.45) is 0 Å². The molecule has 0 heteroatoms. The normalized spacial score (nSPS) is 10.9. The summed E-state index contributed by atoms with van der Waals surface area (Å²) in [5.74, 6) is 0. The minimum absolute atomic E-state index is 1.18. The summed E-state index contributed by atoms with van der Waals surface area (Å²) in [6.45, 7) is 2.26. The van der Waals surface area contributed by atoms with Gasteiger partial charge in [-0.3, -0.25) is 0 Å². The van der Waals surface area contributed by atoms with Gasteiger partial charge in [0.05, 0.1) is 0 Å². The second-order valence-corrected chi connectivity index (χ2v) is 5.64. The maximum Gasteiger partial charge on any atom is -0.0103 e. The Hall–Kier alpha value is -2.08. The lowest BCUT2D eigenvalue weighted by Crippen LogP contribution is -1.90. The van der Waals surface area contributed by atoms with Gasteiger partial charge in [0.15, 0.2) is 0 Å². The Balaban J connectivity index is 2.07. The third kappa shape index (κ3) is 3.00. The molecular formula is C21H22. The van der Waals surface area contributed by atoms with Crippen molar-refractivity contribution in [2.45, 2.75) is 32.6 Å². The lowest BCUT2D eigenvalue weighted by Gasteiger charge is -2.11. The van der Waals surface area contributed by atoms with Crippen LogP contribution in [0.3, 0.4) is 0 Å². The van der Waals surface area contributed by atoms with E-state index in [1.54, 1.807) is 0 Å². The Kier molecular flexibility index (Phi) is 4.35. The van der Waals surface area contributed by atoms with Gasteiger partial charge in [0, 0.05) is 0 Å². The van der Waals surface area contributed by atoms with Crippen LogP contribution in [-0.4, -0.2) is 0 Å². The highest BCUT2D eigenvalue weighted by Crippen LogP contribution is 2.31. The Labute approximate surface area is 127 Å². The van der Waals surface area contributed by atoms with Crippen molar-refractivity contribution in [1.29, 1.82) is 0 Å². The summed E-state index contributed by atoms with van der Waals surface area (Å²) in [7, 11) is 0. The van der Waals surface area contributed by atoms with Crippen molar-refractivity contribution in [3.8, 4) is 11.1 Å². The first-order valence-electron chi connectivity index (χ1n) is 7.96. The zero-order valence-corrected chi connectivity index (χ0v) is 12.7. The molecule has 0 saturated carbocycles. The number of aryl methyl sites for hydroxylation is 1. The van der Waals surface area contributed by atoms with Gasteiger partial charge in [-0.15, -0.1) is 0 Å². The van der Waals surface area contributed by atoms with Gasteiger partial charge in [-0.1, -0.05) is 86.5 Å². The molecule has 0 heterocycles. The van der Waals surface area contributed by atoms with E-state index in [2.05, 4.69) is 73.7 Å². The van der Waals surface area contributed by atoms with E-state index in [0.29, 0.717) is 0 Å². The first kappa shape index (κ1) is 13.9. The largest absolute Gasteiger partial charge is 0.0654 e. The molecule has 0 aromatic heterocycles. The molecule has 0 saturated heterocycles. The van der Waals surface area contributed by atoms with Gasteiger partial charge in [0.2, 0.25) is 0 Å². The van der Waals surface area contributed by atoms with E-state index in [-0.39, 0.29) is 0 Å². The highest BCUT2D eigenvalue weighted by molar-refractivity contribution is 5.98. The monoisotopic (exact) mass is 274 g/mol. The molecule has 0 bridgehead atoms. The number of fused-ring (bicyclic) bond motifs is 1. The topological polar surface area (TPSA) is 0 Å². The fourth-order valence-corrected chi connectivity index (χ4v) is 3.01. The first-order valence-corrected chi connectivity index (χ1v) is 7.96. The van der Waals surface area contributed by atoms with Gasteiger partial charge < -0.3 is 0 Å². The Bertz CT molecular complexity index is 710. The van der Waals surface area contributed by atoms with Crippen molar-refractivity contribution in [3.63, 3.8) is 0 Å². The van der Waals surface area contributed by atoms with Gasteiger partial charge in [0.25, 0.3) is 0 Å². The molecule has 106 valence electrons. The van der Waals surface area contributed by atoms with Crippen molar-refractivity contribution in [1.82, 2.24) is 0 Å². The molecule has 0 unspecified atom stereocenters. The molecule has 3 aromatic carbocycles. The van der Waals surface area contributed by atoms with Gasteiger partial charge in [-0.05, 0) is 40.3 Å². The van der Waals surface area contributed by atoms with E-state index in [4.69, 9.17) is 0 Å². The molecule has 0 aliphatic heterocycles.